The lowest BCUT2D eigenvalue weighted by Crippen LogP contribution is -2.41. The highest BCUT2D eigenvalue weighted by atomic mass is 16.5. The fourth-order valence-electron chi connectivity index (χ4n) is 3.80. The number of aromatic nitrogens is 3. The van der Waals surface area contributed by atoms with Crippen molar-refractivity contribution in [1.29, 1.82) is 0 Å². The summed E-state index contributed by atoms with van der Waals surface area (Å²) >= 11 is 0. The second kappa shape index (κ2) is 6.26. The smallest absolute Gasteiger partial charge is 0.226 e. The van der Waals surface area contributed by atoms with E-state index in [1.165, 1.54) is 0 Å². The highest BCUT2D eigenvalue weighted by molar-refractivity contribution is 5.83. The molecule has 1 aliphatic carbocycles. The average molecular weight is 326 g/mol. The number of benzene rings is 1. The molecule has 1 amide bonds. The van der Waals surface area contributed by atoms with E-state index in [2.05, 4.69) is 16.1 Å². The molecule has 1 aromatic carbocycles. The summed E-state index contributed by atoms with van der Waals surface area (Å²) in [7, 11) is 1.69. The van der Waals surface area contributed by atoms with Crippen LogP contribution in [0.2, 0.25) is 0 Å². The van der Waals surface area contributed by atoms with Crippen LogP contribution in [0, 0.1) is 5.92 Å². The van der Waals surface area contributed by atoms with Gasteiger partial charge in [-0.1, -0.05) is 18.2 Å². The predicted octanol–water partition coefficient (Wildman–Crippen LogP) is 2.25. The second-order valence-electron chi connectivity index (χ2n) is 6.65. The Morgan fingerprint density at radius 3 is 3.00 bits per heavy atom. The first-order chi connectivity index (χ1) is 11.8. The molecule has 0 N–H and O–H groups in total. The zero-order valence-electron chi connectivity index (χ0n) is 13.8. The van der Waals surface area contributed by atoms with Gasteiger partial charge in [-0.25, -0.2) is 9.67 Å². The Kier molecular flexibility index (Phi) is 3.96. The van der Waals surface area contributed by atoms with Gasteiger partial charge in [-0.2, -0.15) is 5.10 Å². The van der Waals surface area contributed by atoms with E-state index in [-0.39, 0.29) is 17.9 Å². The van der Waals surface area contributed by atoms with E-state index in [4.69, 9.17) is 4.74 Å². The molecule has 1 saturated heterocycles. The number of ether oxygens (including phenoxy) is 1. The highest BCUT2D eigenvalue weighted by Crippen LogP contribution is 2.51. The molecule has 0 radical (unpaired) electrons. The number of hydrogen-bond donors (Lipinski definition) is 0. The van der Waals surface area contributed by atoms with Crippen molar-refractivity contribution in [3.63, 3.8) is 0 Å². The highest BCUT2D eigenvalue weighted by Gasteiger charge is 2.47. The summed E-state index contributed by atoms with van der Waals surface area (Å²) in [5.74, 6) is 1.55. The lowest BCUT2D eigenvalue weighted by Gasteiger charge is -2.33. The zero-order chi connectivity index (χ0) is 16.5. The summed E-state index contributed by atoms with van der Waals surface area (Å²) in [5, 5.41) is 4.23. The van der Waals surface area contributed by atoms with Crippen LogP contribution in [0.5, 0.6) is 5.75 Å². The quantitative estimate of drug-likeness (QED) is 0.865. The van der Waals surface area contributed by atoms with Crippen LogP contribution in [-0.4, -0.2) is 45.8 Å². The van der Waals surface area contributed by atoms with Crippen LogP contribution in [0.25, 0.3) is 0 Å². The molecule has 3 atom stereocenters. The van der Waals surface area contributed by atoms with E-state index >= 15 is 0 Å². The Balaban J connectivity index is 1.43. The molecule has 2 aromatic rings. The van der Waals surface area contributed by atoms with E-state index < -0.39 is 0 Å². The largest absolute Gasteiger partial charge is 0.496 e. The molecular formula is C18H22N4O2. The third kappa shape index (κ3) is 2.77. The third-order valence-corrected chi connectivity index (χ3v) is 5.16. The summed E-state index contributed by atoms with van der Waals surface area (Å²) < 4.78 is 7.32. The summed E-state index contributed by atoms with van der Waals surface area (Å²) in [5.41, 5.74) is 1.16. The Hall–Kier alpha value is -2.37. The fourth-order valence-corrected chi connectivity index (χ4v) is 3.80. The Morgan fingerprint density at radius 1 is 1.33 bits per heavy atom. The minimum absolute atomic E-state index is 0.0933. The molecule has 1 aliphatic heterocycles. The molecule has 1 saturated carbocycles. The van der Waals surface area contributed by atoms with Crippen molar-refractivity contribution in [2.24, 2.45) is 5.92 Å². The van der Waals surface area contributed by atoms with E-state index in [9.17, 15) is 4.79 Å². The van der Waals surface area contributed by atoms with Crippen LogP contribution in [0.3, 0.4) is 0 Å². The van der Waals surface area contributed by atoms with Gasteiger partial charge in [-0.05, 0) is 36.8 Å². The minimum Gasteiger partial charge on any atom is -0.496 e. The van der Waals surface area contributed by atoms with E-state index in [1.807, 2.05) is 27.8 Å². The first-order valence-corrected chi connectivity index (χ1v) is 8.53. The van der Waals surface area contributed by atoms with Gasteiger partial charge in [0.1, 0.15) is 18.4 Å². The van der Waals surface area contributed by atoms with Gasteiger partial charge in [0.25, 0.3) is 0 Å². The lowest BCUT2D eigenvalue weighted by atomic mass is 10.0. The number of nitrogens with zero attached hydrogens (tertiary/aromatic N) is 4. The molecule has 0 bridgehead atoms. The maximum atomic E-state index is 12.9. The van der Waals surface area contributed by atoms with Crippen molar-refractivity contribution in [3.05, 3.63) is 42.5 Å². The summed E-state index contributed by atoms with van der Waals surface area (Å²) in [6.07, 6.45) is 6.28. The Morgan fingerprint density at radius 2 is 2.21 bits per heavy atom. The van der Waals surface area contributed by atoms with Crippen molar-refractivity contribution in [2.45, 2.75) is 31.2 Å². The maximum Gasteiger partial charge on any atom is 0.226 e. The minimum atomic E-state index is 0.0933. The van der Waals surface area contributed by atoms with Gasteiger partial charge in [-0.15, -0.1) is 0 Å². The van der Waals surface area contributed by atoms with Gasteiger partial charge in [0.15, 0.2) is 0 Å². The molecule has 6 heteroatoms. The molecule has 2 aliphatic rings. The number of likely N-dealkylation sites (tertiary alicyclic amines) is 1. The normalized spacial score (nSPS) is 26.2. The number of amides is 1. The van der Waals surface area contributed by atoms with Crippen molar-refractivity contribution in [3.8, 4) is 5.75 Å². The summed E-state index contributed by atoms with van der Waals surface area (Å²) in [6, 6.07) is 8.27. The van der Waals surface area contributed by atoms with Crippen molar-refractivity contribution < 1.29 is 9.53 Å². The Labute approximate surface area is 141 Å². The number of hydrogen-bond acceptors (Lipinski definition) is 4. The number of para-hydroxylation sites is 1. The van der Waals surface area contributed by atoms with Crippen molar-refractivity contribution >= 4 is 5.91 Å². The zero-order valence-corrected chi connectivity index (χ0v) is 13.8. The topological polar surface area (TPSA) is 60.2 Å². The number of rotatable bonds is 4. The predicted molar refractivity (Wildman–Crippen MR) is 88.7 cm³/mol. The van der Waals surface area contributed by atoms with Crippen molar-refractivity contribution in [2.75, 3.05) is 20.2 Å². The van der Waals surface area contributed by atoms with E-state index in [0.29, 0.717) is 5.92 Å². The van der Waals surface area contributed by atoms with Gasteiger partial charge in [-0.3, -0.25) is 4.79 Å². The molecule has 126 valence electrons. The van der Waals surface area contributed by atoms with Gasteiger partial charge in [0.2, 0.25) is 5.91 Å². The molecule has 0 spiro atoms. The second-order valence-corrected chi connectivity index (χ2v) is 6.65. The SMILES string of the molecule is COc1ccccc1[C@@H]1C[C@@H]1C(=O)N1CCC[C@H](n2cncn2)C1. The van der Waals surface area contributed by atoms with Crippen LogP contribution in [0.15, 0.2) is 36.9 Å². The van der Waals surface area contributed by atoms with E-state index in [1.54, 1.807) is 19.8 Å². The molecule has 24 heavy (non-hydrogen) atoms. The summed E-state index contributed by atoms with van der Waals surface area (Å²) in [6.45, 7) is 1.58. The van der Waals surface area contributed by atoms with Gasteiger partial charge in [0, 0.05) is 19.0 Å². The number of methoxy groups -OCH3 is 1. The fraction of sp³-hybridized carbons (Fsp3) is 0.500. The van der Waals surface area contributed by atoms with E-state index in [0.717, 1.165) is 43.7 Å². The number of carbonyl (C=O) groups excluding carboxylic acids is 1. The lowest BCUT2D eigenvalue weighted by molar-refractivity contribution is -0.134. The first kappa shape index (κ1) is 15.2. The first-order valence-electron chi connectivity index (χ1n) is 8.53. The standard InChI is InChI=1S/C18H22N4O2/c1-24-17-7-3-2-6-14(17)15-9-16(15)18(23)21-8-4-5-13(10-21)22-12-19-11-20-22/h2-3,6-7,11-13,15-16H,4-5,8-10H2,1H3/t13-,15-,16-/m0/s1. The average Bonchev–Trinajstić information content (AvgIpc) is 3.24. The van der Waals surface area contributed by atoms with Crippen molar-refractivity contribution in [1.82, 2.24) is 19.7 Å². The third-order valence-electron chi connectivity index (χ3n) is 5.16. The molecule has 1 aromatic heterocycles. The Bertz CT molecular complexity index is 716. The van der Waals surface area contributed by atoms with Gasteiger partial charge in [0.05, 0.1) is 13.2 Å². The maximum absolute atomic E-state index is 12.9. The summed E-state index contributed by atoms with van der Waals surface area (Å²) in [4.78, 5) is 18.9. The molecule has 2 fully saturated rings. The number of carbonyl (C=O) groups is 1. The molecule has 0 unspecified atom stereocenters. The van der Waals surface area contributed by atoms with Crippen LogP contribution in [0.4, 0.5) is 0 Å². The van der Waals surface area contributed by atoms with Crippen LogP contribution in [0.1, 0.15) is 36.8 Å². The van der Waals surface area contributed by atoms with Gasteiger partial charge < -0.3 is 9.64 Å². The van der Waals surface area contributed by atoms with Gasteiger partial charge >= 0.3 is 0 Å². The van der Waals surface area contributed by atoms with Crippen LogP contribution >= 0.6 is 0 Å². The molecule has 4 rings (SSSR count). The molecular weight excluding hydrogens is 304 g/mol. The van der Waals surface area contributed by atoms with Crippen LogP contribution in [-0.2, 0) is 4.79 Å². The monoisotopic (exact) mass is 326 g/mol. The molecule has 2 heterocycles. The number of piperidine rings is 1. The molecule has 6 nitrogen and oxygen atoms in total. The van der Waals surface area contributed by atoms with Crippen LogP contribution < -0.4 is 4.74 Å².